The van der Waals surface area contributed by atoms with E-state index in [4.69, 9.17) is 10.5 Å². The van der Waals surface area contributed by atoms with Gasteiger partial charge in [0.1, 0.15) is 5.69 Å². The lowest BCUT2D eigenvalue weighted by atomic mass is 10.2. The zero-order valence-corrected chi connectivity index (χ0v) is 11.3. The van der Waals surface area contributed by atoms with Crippen LogP contribution < -0.4 is 10.6 Å². The van der Waals surface area contributed by atoms with Crippen LogP contribution in [-0.4, -0.2) is 51.9 Å². The van der Waals surface area contributed by atoms with Crippen LogP contribution >= 0.6 is 0 Å². The molecule has 20 heavy (non-hydrogen) atoms. The van der Waals surface area contributed by atoms with Gasteiger partial charge in [0.25, 0.3) is 0 Å². The minimum atomic E-state index is -0.516. The van der Waals surface area contributed by atoms with Gasteiger partial charge in [0, 0.05) is 13.1 Å². The first-order valence-corrected chi connectivity index (χ1v) is 6.22. The number of nitrogens with two attached hydrogens (primary N) is 1. The van der Waals surface area contributed by atoms with Crippen molar-refractivity contribution >= 4 is 17.5 Å². The van der Waals surface area contributed by atoms with Crippen molar-refractivity contribution in [3.63, 3.8) is 0 Å². The summed E-state index contributed by atoms with van der Waals surface area (Å²) in [4.78, 5) is 20.2. The van der Waals surface area contributed by atoms with Crippen LogP contribution in [0.4, 0.5) is 17.5 Å². The molecule has 9 nitrogen and oxygen atoms in total. The largest absolute Gasteiger partial charge is 0.394 e. The molecule has 1 aromatic rings. The molecule has 2 heterocycles. The van der Waals surface area contributed by atoms with Crippen molar-refractivity contribution in [1.82, 2.24) is 9.97 Å². The fourth-order valence-electron chi connectivity index (χ4n) is 2.33. The van der Waals surface area contributed by atoms with E-state index in [1.54, 1.807) is 4.90 Å². The third-order valence-corrected chi connectivity index (χ3v) is 3.07. The number of morpholine rings is 1. The summed E-state index contributed by atoms with van der Waals surface area (Å²) in [7, 11) is 0. The number of aryl methyl sites for hydroxylation is 1. The number of aliphatic hydroxyl groups excluding tert-OH is 1. The summed E-state index contributed by atoms with van der Waals surface area (Å²) in [6, 6.07) is 0. The molecule has 9 heteroatoms. The number of aliphatic hydroxyl groups is 1. The van der Waals surface area contributed by atoms with E-state index >= 15 is 0 Å². The standard InChI is InChI=1S/C11H17N5O4/c1-6-3-15(4-8(5-17)20-6)10-9(16(18)19)7(2)13-11(12)14-10/h6,8,17H,3-5H2,1-2H3,(H2,12,13,14). The smallest absolute Gasteiger partial charge is 0.332 e. The van der Waals surface area contributed by atoms with E-state index in [2.05, 4.69) is 9.97 Å². The van der Waals surface area contributed by atoms with Crippen LogP contribution in [0.5, 0.6) is 0 Å². The molecule has 0 saturated carbocycles. The van der Waals surface area contributed by atoms with Gasteiger partial charge in [-0.2, -0.15) is 4.98 Å². The highest BCUT2D eigenvalue weighted by atomic mass is 16.6. The van der Waals surface area contributed by atoms with Crippen molar-refractivity contribution in [3.8, 4) is 0 Å². The number of hydrogen-bond donors (Lipinski definition) is 2. The maximum Gasteiger partial charge on any atom is 0.332 e. The van der Waals surface area contributed by atoms with Gasteiger partial charge in [-0.3, -0.25) is 10.1 Å². The second-order valence-corrected chi connectivity index (χ2v) is 4.75. The Balaban J connectivity index is 2.43. The van der Waals surface area contributed by atoms with Crippen LogP contribution in [0.15, 0.2) is 0 Å². The summed E-state index contributed by atoms with van der Waals surface area (Å²) in [5.41, 5.74) is 5.64. The van der Waals surface area contributed by atoms with Crippen molar-refractivity contribution < 1.29 is 14.8 Å². The molecular formula is C11H17N5O4. The van der Waals surface area contributed by atoms with Gasteiger partial charge < -0.3 is 20.5 Å². The average Bonchev–Trinajstić information content (AvgIpc) is 2.36. The maximum atomic E-state index is 11.2. The Morgan fingerprint density at radius 3 is 2.85 bits per heavy atom. The predicted octanol–water partition coefficient (Wildman–Crippen LogP) is -0.139. The Hall–Kier alpha value is -2.00. The summed E-state index contributed by atoms with van der Waals surface area (Å²) in [5.74, 6) is 0.163. The van der Waals surface area contributed by atoms with Crippen molar-refractivity contribution in [3.05, 3.63) is 15.8 Å². The summed E-state index contributed by atoms with van der Waals surface area (Å²) >= 11 is 0. The monoisotopic (exact) mass is 283 g/mol. The van der Waals surface area contributed by atoms with Gasteiger partial charge >= 0.3 is 5.69 Å². The third-order valence-electron chi connectivity index (χ3n) is 3.07. The van der Waals surface area contributed by atoms with Crippen molar-refractivity contribution in [1.29, 1.82) is 0 Å². The van der Waals surface area contributed by atoms with Crippen LogP contribution in [0.1, 0.15) is 12.6 Å². The second kappa shape index (κ2) is 5.55. The second-order valence-electron chi connectivity index (χ2n) is 4.75. The lowest BCUT2D eigenvalue weighted by Crippen LogP contribution is -2.48. The first-order valence-electron chi connectivity index (χ1n) is 6.22. The molecule has 0 aromatic carbocycles. The molecule has 2 atom stereocenters. The van der Waals surface area contributed by atoms with Gasteiger partial charge in [-0.15, -0.1) is 0 Å². The topological polar surface area (TPSA) is 128 Å². The average molecular weight is 283 g/mol. The Morgan fingerprint density at radius 2 is 2.25 bits per heavy atom. The number of anilines is 2. The predicted molar refractivity (Wildman–Crippen MR) is 71.5 cm³/mol. The molecule has 0 spiro atoms. The lowest BCUT2D eigenvalue weighted by molar-refractivity contribution is -0.385. The molecule has 1 aromatic heterocycles. The van der Waals surface area contributed by atoms with Gasteiger partial charge in [-0.05, 0) is 13.8 Å². The fourth-order valence-corrected chi connectivity index (χ4v) is 2.33. The Kier molecular flexibility index (Phi) is 4.00. The molecule has 2 unspecified atom stereocenters. The number of ether oxygens (including phenoxy) is 1. The zero-order chi connectivity index (χ0) is 14.9. The number of aromatic nitrogens is 2. The molecule has 1 fully saturated rings. The van der Waals surface area contributed by atoms with Crippen molar-refractivity contribution in [2.75, 3.05) is 30.3 Å². The summed E-state index contributed by atoms with van der Waals surface area (Å²) in [6.07, 6.45) is -0.577. The van der Waals surface area contributed by atoms with E-state index in [1.165, 1.54) is 6.92 Å². The van der Waals surface area contributed by atoms with E-state index < -0.39 is 11.0 Å². The van der Waals surface area contributed by atoms with E-state index in [-0.39, 0.29) is 35.9 Å². The zero-order valence-electron chi connectivity index (χ0n) is 11.3. The minimum Gasteiger partial charge on any atom is -0.394 e. The third kappa shape index (κ3) is 2.78. The minimum absolute atomic E-state index is 0.0113. The summed E-state index contributed by atoms with van der Waals surface area (Å²) < 4.78 is 5.51. The summed E-state index contributed by atoms with van der Waals surface area (Å²) in [5, 5.41) is 20.4. The van der Waals surface area contributed by atoms with Crippen LogP contribution in [-0.2, 0) is 4.74 Å². The fraction of sp³-hybridized carbons (Fsp3) is 0.636. The maximum absolute atomic E-state index is 11.2. The normalized spacial score (nSPS) is 22.9. The Morgan fingerprint density at radius 1 is 1.55 bits per heavy atom. The van der Waals surface area contributed by atoms with Gasteiger partial charge in [0.15, 0.2) is 0 Å². The van der Waals surface area contributed by atoms with Crippen LogP contribution in [0.2, 0.25) is 0 Å². The molecule has 0 bridgehead atoms. The van der Waals surface area contributed by atoms with Gasteiger partial charge in [0.2, 0.25) is 11.8 Å². The van der Waals surface area contributed by atoms with Gasteiger partial charge in [-0.25, -0.2) is 4.98 Å². The highest BCUT2D eigenvalue weighted by Crippen LogP contribution is 2.31. The Labute approximate surface area is 115 Å². The first-order chi connectivity index (χ1) is 9.42. The van der Waals surface area contributed by atoms with E-state index in [1.807, 2.05) is 6.92 Å². The molecule has 1 aliphatic heterocycles. The molecule has 2 rings (SSSR count). The lowest BCUT2D eigenvalue weighted by Gasteiger charge is -2.36. The molecule has 0 radical (unpaired) electrons. The first kappa shape index (κ1) is 14.4. The molecule has 0 amide bonds. The van der Waals surface area contributed by atoms with Crippen LogP contribution in [0.25, 0.3) is 0 Å². The number of nitrogen functional groups attached to an aromatic ring is 1. The molecular weight excluding hydrogens is 266 g/mol. The number of rotatable bonds is 3. The van der Waals surface area contributed by atoms with E-state index in [9.17, 15) is 15.2 Å². The van der Waals surface area contributed by atoms with Crippen molar-refractivity contribution in [2.24, 2.45) is 0 Å². The number of hydrogen-bond acceptors (Lipinski definition) is 8. The van der Waals surface area contributed by atoms with Crippen LogP contribution in [0.3, 0.4) is 0 Å². The van der Waals surface area contributed by atoms with Gasteiger partial charge in [-0.1, -0.05) is 0 Å². The Bertz CT molecular complexity index is 524. The van der Waals surface area contributed by atoms with Crippen molar-refractivity contribution in [2.45, 2.75) is 26.1 Å². The molecule has 110 valence electrons. The quantitative estimate of drug-likeness (QED) is 0.579. The van der Waals surface area contributed by atoms with E-state index in [0.29, 0.717) is 13.1 Å². The highest BCUT2D eigenvalue weighted by molar-refractivity contribution is 5.62. The molecule has 1 aliphatic rings. The van der Waals surface area contributed by atoms with E-state index in [0.717, 1.165) is 0 Å². The molecule has 3 N–H and O–H groups in total. The number of nitrogens with zero attached hydrogens (tertiary/aromatic N) is 4. The number of nitro groups is 1. The SMILES string of the molecule is Cc1nc(N)nc(N2CC(C)OC(CO)C2)c1[N+](=O)[O-]. The molecule has 1 saturated heterocycles. The molecule has 0 aliphatic carbocycles. The summed E-state index contributed by atoms with van der Waals surface area (Å²) in [6.45, 7) is 3.95. The highest BCUT2D eigenvalue weighted by Gasteiger charge is 2.32. The van der Waals surface area contributed by atoms with Crippen LogP contribution in [0, 0.1) is 17.0 Å². The van der Waals surface area contributed by atoms with Gasteiger partial charge in [0.05, 0.1) is 23.7 Å².